The van der Waals surface area contributed by atoms with Crippen LogP contribution in [0.2, 0.25) is 0 Å². The maximum Gasteiger partial charge on any atom is 0.160 e. The fourth-order valence-corrected chi connectivity index (χ4v) is 2.75. The number of ether oxygens (including phenoxy) is 1. The van der Waals surface area contributed by atoms with Crippen molar-refractivity contribution in [1.29, 1.82) is 0 Å². The molecule has 1 aromatic heterocycles. The Kier molecular flexibility index (Phi) is 12.6. The molecule has 1 fully saturated rings. The first kappa shape index (κ1) is 18.7. The van der Waals surface area contributed by atoms with Gasteiger partial charge in [-0.3, -0.25) is 4.79 Å². The highest BCUT2D eigenvalue weighted by molar-refractivity contribution is 9.10. The molecule has 4 nitrogen and oxygen atoms in total. The third-order valence-corrected chi connectivity index (χ3v) is 4.08. The van der Waals surface area contributed by atoms with Crippen LogP contribution in [-0.4, -0.2) is 51.1 Å². The second-order valence-electron chi connectivity index (χ2n) is 3.69. The first-order valence-corrected chi connectivity index (χ1v) is 8.00. The lowest BCUT2D eigenvalue weighted by atomic mass is 10.4. The van der Waals surface area contributed by atoms with Gasteiger partial charge in [0.1, 0.15) is 0 Å². The molecule has 0 amide bonds. The number of thiophene rings is 1. The average Bonchev–Trinajstić information content (AvgIpc) is 2.72. The number of rotatable bonds is 2. The number of nitrogens with zero attached hydrogens (tertiary/aromatic N) is 1. The number of aldehydes is 1. The Morgan fingerprint density at radius 1 is 1.47 bits per heavy atom. The van der Waals surface area contributed by atoms with Crippen LogP contribution in [0.5, 0.6) is 0 Å². The molecule has 1 aliphatic heterocycles. The molecule has 0 aromatic carbocycles. The SMILES string of the molecule is CCN1CCCOCC1.CN.O=Cc1cc(Br)cs1. The van der Waals surface area contributed by atoms with Gasteiger partial charge in [-0.1, -0.05) is 6.92 Å². The maximum absolute atomic E-state index is 10.0. The summed E-state index contributed by atoms with van der Waals surface area (Å²) in [6.45, 7) is 7.59. The zero-order chi connectivity index (χ0) is 14.5. The Bertz CT molecular complexity index is 326. The van der Waals surface area contributed by atoms with Crippen LogP contribution >= 0.6 is 27.3 Å². The van der Waals surface area contributed by atoms with E-state index in [-0.39, 0.29) is 0 Å². The Morgan fingerprint density at radius 2 is 2.21 bits per heavy atom. The predicted octanol–water partition coefficient (Wildman–Crippen LogP) is 2.63. The normalized spacial score (nSPS) is 15.4. The van der Waals surface area contributed by atoms with E-state index in [2.05, 4.69) is 33.5 Å². The summed E-state index contributed by atoms with van der Waals surface area (Å²) in [5.74, 6) is 0. The van der Waals surface area contributed by atoms with Crippen molar-refractivity contribution in [1.82, 2.24) is 4.90 Å². The fraction of sp³-hybridized carbons (Fsp3) is 0.615. The number of likely N-dealkylation sites (N-methyl/N-ethyl adjacent to an activating group) is 1. The van der Waals surface area contributed by atoms with Gasteiger partial charge in [0.2, 0.25) is 0 Å². The summed E-state index contributed by atoms with van der Waals surface area (Å²) >= 11 is 4.66. The van der Waals surface area contributed by atoms with Crippen molar-refractivity contribution in [2.75, 3.05) is 39.9 Å². The lowest BCUT2D eigenvalue weighted by Crippen LogP contribution is -2.25. The molecule has 0 radical (unpaired) electrons. The second-order valence-corrected chi connectivity index (χ2v) is 5.54. The minimum Gasteiger partial charge on any atom is -0.380 e. The molecule has 0 atom stereocenters. The van der Waals surface area contributed by atoms with Crippen LogP contribution in [0, 0.1) is 0 Å². The van der Waals surface area contributed by atoms with Crippen molar-refractivity contribution in [2.24, 2.45) is 5.73 Å². The first-order chi connectivity index (χ1) is 9.26. The van der Waals surface area contributed by atoms with E-state index in [1.165, 1.54) is 37.9 Å². The Balaban J connectivity index is 0.000000303. The highest BCUT2D eigenvalue weighted by Gasteiger charge is 2.04. The standard InChI is InChI=1S/C7H15NO.C5H3BrOS.CH5N/c1-2-8-4-3-6-9-7-5-8;6-4-1-5(2-7)8-3-4;1-2/h2-7H2,1H3;1-3H;2H2,1H3. The molecule has 2 N–H and O–H groups in total. The number of carbonyl (C=O) groups is 1. The van der Waals surface area contributed by atoms with Gasteiger partial charge in [0.25, 0.3) is 0 Å². The number of hydrogen-bond donors (Lipinski definition) is 1. The number of halogens is 1. The van der Waals surface area contributed by atoms with E-state index in [0.717, 1.165) is 35.4 Å². The molecule has 0 spiro atoms. The molecule has 0 saturated carbocycles. The van der Waals surface area contributed by atoms with Crippen LogP contribution in [0.15, 0.2) is 15.9 Å². The quantitative estimate of drug-likeness (QED) is 0.833. The van der Waals surface area contributed by atoms with E-state index in [1.807, 2.05) is 5.38 Å². The van der Waals surface area contributed by atoms with E-state index in [9.17, 15) is 4.79 Å². The van der Waals surface area contributed by atoms with E-state index >= 15 is 0 Å². The molecule has 110 valence electrons. The molecule has 6 heteroatoms. The van der Waals surface area contributed by atoms with Crippen LogP contribution in [0.4, 0.5) is 0 Å². The molecule has 0 unspecified atom stereocenters. The monoisotopic (exact) mass is 350 g/mol. The van der Waals surface area contributed by atoms with Gasteiger partial charge in [-0.05, 0) is 42.0 Å². The zero-order valence-electron chi connectivity index (χ0n) is 11.6. The molecular formula is C13H23BrN2O2S. The molecule has 0 aliphatic carbocycles. The number of hydrogen-bond acceptors (Lipinski definition) is 5. The number of nitrogens with two attached hydrogens (primary N) is 1. The summed E-state index contributed by atoms with van der Waals surface area (Å²) in [5, 5.41) is 1.88. The summed E-state index contributed by atoms with van der Waals surface area (Å²) in [7, 11) is 1.50. The summed E-state index contributed by atoms with van der Waals surface area (Å²) in [6, 6.07) is 1.79. The molecular weight excluding hydrogens is 328 g/mol. The second kappa shape index (κ2) is 12.7. The fourth-order valence-electron chi connectivity index (χ4n) is 1.50. The van der Waals surface area contributed by atoms with E-state index in [4.69, 9.17) is 4.74 Å². The van der Waals surface area contributed by atoms with E-state index < -0.39 is 0 Å². The molecule has 1 aliphatic rings. The van der Waals surface area contributed by atoms with Gasteiger partial charge >= 0.3 is 0 Å². The minimum atomic E-state index is 0.761. The highest BCUT2D eigenvalue weighted by Crippen LogP contribution is 2.17. The zero-order valence-corrected chi connectivity index (χ0v) is 14.0. The largest absolute Gasteiger partial charge is 0.380 e. The molecule has 2 rings (SSSR count). The van der Waals surface area contributed by atoms with Crippen molar-refractivity contribution in [2.45, 2.75) is 13.3 Å². The van der Waals surface area contributed by atoms with Gasteiger partial charge in [-0.2, -0.15) is 0 Å². The van der Waals surface area contributed by atoms with Crippen molar-refractivity contribution in [3.63, 3.8) is 0 Å². The minimum absolute atomic E-state index is 0.761. The highest BCUT2D eigenvalue weighted by atomic mass is 79.9. The third-order valence-electron chi connectivity index (χ3n) is 2.47. The Labute approximate surface area is 128 Å². The van der Waals surface area contributed by atoms with Crippen molar-refractivity contribution < 1.29 is 9.53 Å². The first-order valence-electron chi connectivity index (χ1n) is 6.33. The van der Waals surface area contributed by atoms with Crippen LogP contribution in [0.25, 0.3) is 0 Å². The Hall–Kier alpha value is -0.270. The summed E-state index contributed by atoms with van der Waals surface area (Å²) in [6.07, 6.45) is 2.04. The van der Waals surface area contributed by atoms with Crippen molar-refractivity contribution in [3.05, 3.63) is 20.8 Å². The van der Waals surface area contributed by atoms with Gasteiger partial charge in [-0.15, -0.1) is 11.3 Å². The summed E-state index contributed by atoms with van der Waals surface area (Å²) in [4.78, 5) is 13.2. The van der Waals surface area contributed by atoms with Gasteiger partial charge in [0.05, 0.1) is 11.5 Å². The smallest absolute Gasteiger partial charge is 0.160 e. The lowest BCUT2D eigenvalue weighted by molar-refractivity contribution is 0.112. The van der Waals surface area contributed by atoms with Crippen molar-refractivity contribution in [3.8, 4) is 0 Å². The molecule has 0 bridgehead atoms. The molecule has 19 heavy (non-hydrogen) atoms. The molecule has 1 saturated heterocycles. The summed E-state index contributed by atoms with van der Waals surface area (Å²) < 4.78 is 6.26. The Morgan fingerprint density at radius 3 is 2.68 bits per heavy atom. The van der Waals surface area contributed by atoms with Crippen LogP contribution < -0.4 is 5.73 Å². The molecule has 2 heterocycles. The molecule has 1 aromatic rings. The third kappa shape index (κ3) is 9.29. The summed E-state index contributed by atoms with van der Waals surface area (Å²) in [5.41, 5.74) is 4.50. The van der Waals surface area contributed by atoms with Crippen LogP contribution in [0.3, 0.4) is 0 Å². The van der Waals surface area contributed by atoms with Gasteiger partial charge < -0.3 is 15.4 Å². The van der Waals surface area contributed by atoms with Gasteiger partial charge in [-0.25, -0.2) is 0 Å². The number of carbonyl (C=O) groups excluding carboxylic acids is 1. The predicted molar refractivity (Wildman–Crippen MR) is 85.1 cm³/mol. The van der Waals surface area contributed by atoms with Gasteiger partial charge in [0.15, 0.2) is 6.29 Å². The van der Waals surface area contributed by atoms with Crippen LogP contribution in [-0.2, 0) is 4.74 Å². The lowest BCUT2D eigenvalue weighted by Gasteiger charge is -2.14. The van der Waals surface area contributed by atoms with Crippen molar-refractivity contribution >= 4 is 33.6 Å². The topological polar surface area (TPSA) is 55.6 Å². The van der Waals surface area contributed by atoms with E-state index in [0.29, 0.717) is 0 Å². The van der Waals surface area contributed by atoms with E-state index in [1.54, 1.807) is 6.07 Å². The maximum atomic E-state index is 10.0. The average molecular weight is 351 g/mol. The van der Waals surface area contributed by atoms with Crippen LogP contribution in [0.1, 0.15) is 23.0 Å². The van der Waals surface area contributed by atoms with Gasteiger partial charge in [0, 0.05) is 29.5 Å².